The zero-order valence-electron chi connectivity index (χ0n) is 7.90. The Balaban J connectivity index is 2.59. The van der Waals surface area contributed by atoms with Crippen LogP contribution >= 0.6 is 20.7 Å². The molecule has 0 spiro atoms. The van der Waals surface area contributed by atoms with Crippen LogP contribution in [0.1, 0.15) is 16.1 Å². The van der Waals surface area contributed by atoms with Crippen LogP contribution < -0.4 is 0 Å². The van der Waals surface area contributed by atoms with Crippen molar-refractivity contribution in [3.63, 3.8) is 0 Å². The monoisotopic (exact) mass is 317 g/mol. The number of esters is 1. The van der Waals surface area contributed by atoms with Gasteiger partial charge in [0.1, 0.15) is 0 Å². The summed E-state index contributed by atoms with van der Waals surface area (Å²) in [5, 5.41) is 9.83. The maximum atomic E-state index is 11.3. The summed E-state index contributed by atoms with van der Waals surface area (Å²) in [6, 6.07) is 0. The number of methoxy groups -OCH3 is 1. The molecule has 0 aromatic carbocycles. The molecule has 1 aliphatic heterocycles. The molecule has 0 bridgehead atoms. The third kappa shape index (κ3) is 1.79. The molecule has 0 saturated carbocycles. The van der Waals surface area contributed by atoms with Gasteiger partial charge in [-0.15, -0.1) is 0 Å². The minimum atomic E-state index is -0.614. The average Bonchev–Trinajstić information content (AvgIpc) is 2.29. The van der Waals surface area contributed by atoms with Gasteiger partial charge in [0.2, 0.25) is 0 Å². The number of halogens is 1. The van der Waals surface area contributed by atoms with Crippen molar-refractivity contribution in [3.05, 3.63) is 27.1 Å². The number of nitrogens with zero attached hydrogens (tertiary/aromatic N) is 1. The first-order valence-corrected chi connectivity index (χ1v) is 6.50. The van der Waals surface area contributed by atoms with Crippen LogP contribution in [0.3, 0.4) is 0 Å². The van der Waals surface area contributed by atoms with Crippen LogP contribution in [0.25, 0.3) is 6.08 Å². The van der Waals surface area contributed by atoms with Crippen LogP contribution in [-0.4, -0.2) is 27.2 Å². The lowest BCUT2D eigenvalue weighted by molar-refractivity contribution is 0.0590. The topological polar surface area (TPSA) is 59.4 Å². The number of hydrogen-bond acceptors (Lipinski definition) is 4. The summed E-state index contributed by atoms with van der Waals surface area (Å²) in [5.74, 6) is -0.695. The SMILES string of the molecule is COC(=O)c1ncc2c(c1O)C=CC=I2. The Morgan fingerprint density at radius 1 is 1.60 bits per heavy atom. The molecular weight excluding hydrogens is 309 g/mol. The van der Waals surface area contributed by atoms with E-state index in [2.05, 4.69) is 13.7 Å². The molecule has 1 aromatic rings. The molecule has 0 atom stereocenters. The highest BCUT2D eigenvalue weighted by molar-refractivity contribution is 14.2. The maximum absolute atomic E-state index is 11.3. The molecule has 5 heteroatoms. The van der Waals surface area contributed by atoms with E-state index in [4.69, 9.17) is 0 Å². The molecular formula is C10H8INO3. The predicted molar refractivity (Wildman–Crippen MR) is 65.1 cm³/mol. The Morgan fingerprint density at radius 2 is 2.40 bits per heavy atom. The Kier molecular flexibility index (Phi) is 2.81. The summed E-state index contributed by atoms with van der Waals surface area (Å²) in [7, 11) is 1.26. The van der Waals surface area contributed by atoms with Crippen molar-refractivity contribution in [2.75, 3.05) is 7.11 Å². The molecule has 0 amide bonds. The maximum Gasteiger partial charge on any atom is 0.360 e. The molecule has 2 rings (SSSR count). The van der Waals surface area contributed by atoms with Gasteiger partial charge < -0.3 is 9.84 Å². The summed E-state index contributed by atoms with van der Waals surface area (Å²) in [4.78, 5) is 15.2. The normalized spacial score (nSPS) is 12.9. The Bertz CT molecular complexity index is 480. The number of rotatable bonds is 1. The first-order valence-electron chi connectivity index (χ1n) is 4.17. The van der Waals surface area contributed by atoms with Crippen molar-refractivity contribution >= 4 is 36.8 Å². The minimum Gasteiger partial charge on any atom is -0.505 e. The second-order valence-corrected chi connectivity index (χ2v) is 5.31. The van der Waals surface area contributed by atoms with Gasteiger partial charge in [0.25, 0.3) is 0 Å². The largest absolute Gasteiger partial charge is 0.505 e. The third-order valence-corrected chi connectivity index (χ3v) is 4.24. The first kappa shape index (κ1) is 10.3. The molecule has 0 aliphatic carbocycles. The summed E-state index contributed by atoms with van der Waals surface area (Å²) in [6.45, 7) is 0. The lowest BCUT2D eigenvalue weighted by atomic mass is 10.2. The summed E-state index contributed by atoms with van der Waals surface area (Å²) >= 11 is -0.245. The van der Waals surface area contributed by atoms with Crippen molar-refractivity contribution in [3.8, 4) is 5.75 Å². The number of allylic oxidation sites excluding steroid dienone is 1. The highest BCUT2D eigenvalue weighted by atomic mass is 127. The quantitative estimate of drug-likeness (QED) is 0.631. The fourth-order valence-corrected chi connectivity index (χ4v) is 3.09. The van der Waals surface area contributed by atoms with E-state index in [0.717, 1.165) is 3.57 Å². The van der Waals surface area contributed by atoms with Gasteiger partial charge >= 0.3 is 5.97 Å². The standard InChI is InChI=1S/C10H8INO3/c1-15-10(14)8-9(13)6-3-2-4-11-7(6)5-12-8/h2-5,13H,1H3. The van der Waals surface area contributed by atoms with Crippen LogP contribution in [-0.2, 0) is 4.74 Å². The number of fused-ring (bicyclic) bond motifs is 1. The zero-order chi connectivity index (χ0) is 10.8. The molecule has 1 aliphatic rings. The van der Waals surface area contributed by atoms with Crippen molar-refractivity contribution < 1.29 is 14.6 Å². The lowest BCUT2D eigenvalue weighted by Gasteiger charge is -2.09. The number of ether oxygens (including phenoxy) is 1. The number of carbonyl (C=O) groups is 1. The second-order valence-electron chi connectivity index (χ2n) is 2.80. The van der Waals surface area contributed by atoms with Gasteiger partial charge in [0.15, 0.2) is 11.4 Å². The fraction of sp³-hybridized carbons (Fsp3) is 0.100. The molecule has 0 fully saturated rings. The van der Waals surface area contributed by atoms with Crippen molar-refractivity contribution in [2.24, 2.45) is 0 Å². The van der Waals surface area contributed by atoms with Gasteiger partial charge in [-0.1, -0.05) is 26.8 Å². The van der Waals surface area contributed by atoms with Crippen LogP contribution in [0, 0.1) is 3.57 Å². The summed E-state index contributed by atoms with van der Waals surface area (Å²) < 4.78 is 7.61. The van der Waals surface area contributed by atoms with Crippen molar-refractivity contribution in [2.45, 2.75) is 0 Å². The molecule has 4 nitrogen and oxygen atoms in total. The highest BCUT2D eigenvalue weighted by Gasteiger charge is 2.18. The van der Waals surface area contributed by atoms with E-state index in [1.165, 1.54) is 7.11 Å². The zero-order valence-corrected chi connectivity index (χ0v) is 10.1. The van der Waals surface area contributed by atoms with Crippen LogP contribution in [0.2, 0.25) is 0 Å². The van der Waals surface area contributed by atoms with Crippen molar-refractivity contribution in [1.29, 1.82) is 0 Å². The number of aromatic nitrogens is 1. The molecule has 2 heterocycles. The van der Waals surface area contributed by atoms with Gasteiger partial charge in [0.05, 0.1) is 7.11 Å². The van der Waals surface area contributed by atoms with Gasteiger partial charge in [-0.3, -0.25) is 0 Å². The predicted octanol–water partition coefficient (Wildman–Crippen LogP) is 1.54. The molecule has 0 unspecified atom stereocenters. The van der Waals surface area contributed by atoms with E-state index < -0.39 is 5.97 Å². The summed E-state index contributed by atoms with van der Waals surface area (Å²) in [6.07, 6.45) is 5.30. The Labute approximate surface area is 96.3 Å². The molecule has 1 N–H and O–H groups in total. The number of aromatic hydroxyl groups is 1. The van der Waals surface area contributed by atoms with Gasteiger partial charge in [-0.25, -0.2) is 9.78 Å². The molecule has 78 valence electrons. The molecule has 15 heavy (non-hydrogen) atoms. The fourth-order valence-electron chi connectivity index (χ4n) is 1.22. The smallest absolute Gasteiger partial charge is 0.360 e. The second kappa shape index (κ2) is 4.09. The first-order chi connectivity index (χ1) is 7.24. The van der Waals surface area contributed by atoms with Crippen molar-refractivity contribution in [1.82, 2.24) is 4.98 Å². The minimum absolute atomic E-state index is 0.0215. The van der Waals surface area contributed by atoms with E-state index in [-0.39, 0.29) is 32.2 Å². The van der Waals surface area contributed by atoms with Gasteiger partial charge in [-0.2, -0.15) is 0 Å². The van der Waals surface area contributed by atoms with E-state index in [1.54, 1.807) is 12.3 Å². The third-order valence-electron chi connectivity index (χ3n) is 1.94. The highest BCUT2D eigenvalue weighted by Crippen LogP contribution is 2.31. The molecule has 0 saturated heterocycles. The van der Waals surface area contributed by atoms with Crippen LogP contribution in [0.5, 0.6) is 5.75 Å². The Morgan fingerprint density at radius 3 is 3.13 bits per heavy atom. The van der Waals surface area contributed by atoms with Gasteiger partial charge in [0, 0.05) is 15.3 Å². The van der Waals surface area contributed by atoms with Crippen LogP contribution in [0.15, 0.2) is 12.3 Å². The lowest BCUT2D eigenvalue weighted by Crippen LogP contribution is -2.06. The number of hydrogen-bond donors (Lipinski definition) is 1. The van der Waals surface area contributed by atoms with E-state index in [9.17, 15) is 9.90 Å². The molecule has 1 aromatic heterocycles. The Hall–Kier alpha value is -1.24. The average molecular weight is 317 g/mol. The number of pyridine rings is 1. The van der Waals surface area contributed by atoms with Gasteiger partial charge in [-0.05, 0) is 10.1 Å². The van der Waals surface area contributed by atoms with E-state index >= 15 is 0 Å². The van der Waals surface area contributed by atoms with E-state index in [0.29, 0.717) is 5.56 Å². The van der Waals surface area contributed by atoms with E-state index in [1.807, 2.05) is 6.08 Å². The summed E-state index contributed by atoms with van der Waals surface area (Å²) in [5.41, 5.74) is 0.674. The number of carbonyl (C=O) groups excluding carboxylic acids is 1. The van der Waals surface area contributed by atoms with Crippen LogP contribution in [0.4, 0.5) is 0 Å². The molecule has 0 radical (unpaired) electrons.